The van der Waals surface area contributed by atoms with Gasteiger partial charge in [0.2, 0.25) is 0 Å². The number of aromatic nitrogens is 4. The number of benzene rings is 1. The number of pyridine rings is 2. The lowest BCUT2D eigenvalue weighted by Crippen LogP contribution is -2.49. The lowest BCUT2D eigenvalue weighted by Gasteiger charge is -2.42. The lowest BCUT2D eigenvalue weighted by molar-refractivity contribution is 0.0779. The van der Waals surface area contributed by atoms with Gasteiger partial charge >= 0.3 is 11.8 Å². The minimum Gasteiger partial charge on any atom is -0.465 e. The molecule has 1 fully saturated rings. The minimum absolute atomic E-state index is 0.201. The number of halogens is 2. The average Bonchev–Trinajstić information content (AvgIpc) is 3.17. The van der Waals surface area contributed by atoms with E-state index in [4.69, 9.17) is 0 Å². The molecule has 204 valence electrons. The van der Waals surface area contributed by atoms with Crippen LogP contribution in [0.1, 0.15) is 66.1 Å². The molecular weight excluding hydrogens is 518 g/mol. The molecule has 4 atom stereocenters. The third-order valence-corrected chi connectivity index (χ3v) is 8.37. The first kappa shape index (κ1) is 25.7. The molecule has 3 aromatic heterocycles. The van der Waals surface area contributed by atoms with Crippen LogP contribution in [0.4, 0.5) is 13.6 Å². The second-order valence-corrected chi connectivity index (χ2v) is 10.5. The van der Waals surface area contributed by atoms with Crippen molar-refractivity contribution in [1.82, 2.24) is 24.4 Å². The largest absolute Gasteiger partial charge is 0.465 e. The predicted octanol–water partition coefficient (Wildman–Crippen LogP) is 4.86. The fraction of sp³-hybridized carbons (Fsp3) is 0.345. The van der Waals surface area contributed by atoms with Crippen molar-refractivity contribution in [2.75, 3.05) is 6.54 Å². The number of nitrogens with zero attached hydrogens (tertiary/aromatic N) is 5. The fourth-order valence-electron chi connectivity index (χ4n) is 6.57. The van der Waals surface area contributed by atoms with E-state index in [1.807, 2.05) is 0 Å². The van der Waals surface area contributed by atoms with Gasteiger partial charge in [-0.15, -0.1) is 0 Å². The Balaban J connectivity index is 1.42. The summed E-state index contributed by atoms with van der Waals surface area (Å²) in [7, 11) is 0. The number of carboxylic acid groups (broad SMARTS) is 1. The van der Waals surface area contributed by atoms with Crippen LogP contribution in [0.25, 0.3) is 11.2 Å². The summed E-state index contributed by atoms with van der Waals surface area (Å²) in [5, 5.41) is 19.8. The van der Waals surface area contributed by atoms with Gasteiger partial charge < -0.3 is 10.0 Å². The smallest absolute Gasteiger partial charge is 0.407 e. The highest BCUT2D eigenvalue weighted by Crippen LogP contribution is 2.44. The number of nitriles is 1. The molecular formula is C29H26F2N6O3. The first-order valence-corrected chi connectivity index (χ1v) is 13.2. The zero-order chi connectivity index (χ0) is 28.0. The van der Waals surface area contributed by atoms with E-state index in [0.717, 1.165) is 11.6 Å². The van der Waals surface area contributed by atoms with Crippen LogP contribution in [0.3, 0.4) is 0 Å². The standard InChI is InChI=1S/C29H26F2N6O3/c30-22-4-1-3-20(25(22)31)16-7-9-21(26-17(13-16)6-8-18(15-32)34-26)24-14-19(10-12-36(24)29(39)40)37-23-5-2-11-33-27(23)35-28(37)38/h1-6,8,11,16,19,21,24H,7,9-10,12-14H2,(H,39,40)(H,33,35,38)/t16-,19?,21+,24?/m1/s1. The average molecular weight is 545 g/mol. The number of nitrogens with one attached hydrogen (secondary N) is 1. The summed E-state index contributed by atoms with van der Waals surface area (Å²) in [5.74, 6) is -2.56. The summed E-state index contributed by atoms with van der Waals surface area (Å²) >= 11 is 0. The monoisotopic (exact) mass is 544 g/mol. The topological polar surface area (TPSA) is 128 Å². The first-order chi connectivity index (χ1) is 19.4. The van der Waals surface area contributed by atoms with Crippen LogP contribution in [-0.4, -0.2) is 48.2 Å². The highest BCUT2D eigenvalue weighted by Gasteiger charge is 2.41. The summed E-state index contributed by atoms with van der Waals surface area (Å²) in [5.41, 5.74) is 2.64. The molecule has 0 bridgehead atoms. The van der Waals surface area contributed by atoms with Crippen molar-refractivity contribution in [3.8, 4) is 6.07 Å². The van der Waals surface area contributed by atoms with Crippen molar-refractivity contribution in [2.24, 2.45) is 0 Å². The molecule has 2 N–H and O–H groups in total. The van der Waals surface area contributed by atoms with Crippen LogP contribution in [0.5, 0.6) is 0 Å². The Hall–Kier alpha value is -4.59. The maximum Gasteiger partial charge on any atom is 0.407 e. The van der Waals surface area contributed by atoms with Crippen LogP contribution in [0.15, 0.2) is 53.5 Å². The summed E-state index contributed by atoms with van der Waals surface area (Å²) < 4.78 is 30.6. The van der Waals surface area contributed by atoms with Gasteiger partial charge in [-0.1, -0.05) is 18.2 Å². The van der Waals surface area contributed by atoms with Gasteiger partial charge in [-0.25, -0.2) is 28.3 Å². The summed E-state index contributed by atoms with van der Waals surface area (Å²) in [6.07, 6.45) is 2.59. The molecule has 1 amide bonds. The Bertz CT molecular complexity index is 1710. The van der Waals surface area contributed by atoms with Crippen LogP contribution in [0.2, 0.25) is 0 Å². The van der Waals surface area contributed by atoms with Gasteiger partial charge in [0.25, 0.3) is 0 Å². The maximum absolute atomic E-state index is 14.8. The zero-order valence-corrected chi connectivity index (χ0v) is 21.4. The molecule has 4 heterocycles. The molecule has 0 radical (unpaired) electrons. The van der Waals surface area contributed by atoms with Gasteiger partial charge in [0, 0.05) is 30.7 Å². The van der Waals surface area contributed by atoms with Crippen LogP contribution >= 0.6 is 0 Å². The molecule has 1 aromatic carbocycles. The van der Waals surface area contributed by atoms with Crippen LogP contribution in [-0.2, 0) is 6.42 Å². The number of hydrogen-bond donors (Lipinski definition) is 2. The molecule has 2 unspecified atom stereocenters. The number of aromatic amines is 1. The van der Waals surface area contributed by atoms with E-state index in [0.29, 0.717) is 49.0 Å². The van der Waals surface area contributed by atoms with E-state index in [2.05, 4.69) is 21.0 Å². The van der Waals surface area contributed by atoms with Gasteiger partial charge in [0.05, 0.1) is 11.2 Å². The Morgan fingerprint density at radius 3 is 2.77 bits per heavy atom. The molecule has 2 aliphatic rings. The van der Waals surface area contributed by atoms with E-state index < -0.39 is 29.7 Å². The number of fused-ring (bicyclic) bond motifs is 2. The van der Waals surface area contributed by atoms with E-state index in [9.17, 15) is 28.7 Å². The van der Waals surface area contributed by atoms with Gasteiger partial charge in [-0.05, 0) is 73.4 Å². The van der Waals surface area contributed by atoms with Gasteiger partial charge in [-0.3, -0.25) is 9.55 Å². The molecule has 6 rings (SSSR count). The first-order valence-electron chi connectivity index (χ1n) is 13.2. The number of imidazole rings is 1. The summed E-state index contributed by atoms with van der Waals surface area (Å²) in [6, 6.07) is 12.3. The molecule has 11 heteroatoms. The number of rotatable bonds is 3. The zero-order valence-electron chi connectivity index (χ0n) is 21.4. The molecule has 1 aliphatic heterocycles. The quantitative estimate of drug-likeness (QED) is 0.355. The lowest BCUT2D eigenvalue weighted by atomic mass is 9.82. The van der Waals surface area contributed by atoms with E-state index in [1.54, 1.807) is 41.1 Å². The molecule has 0 saturated carbocycles. The highest BCUT2D eigenvalue weighted by atomic mass is 19.2. The maximum atomic E-state index is 14.8. The highest BCUT2D eigenvalue weighted by molar-refractivity contribution is 5.70. The van der Waals surface area contributed by atoms with E-state index >= 15 is 0 Å². The molecule has 4 aromatic rings. The predicted molar refractivity (Wildman–Crippen MR) is 141 cm³/mol. The molecule has 40 heavy (non-hydrogen) atoms. The SMILES string of the molecule is N#Cc1ccc2c(n1)[C@H](C1CC(n3c(=O)[nH]c4ncccc43)CCN1C(=O)O)CC[C@@H](c1cccc(F)c1F)C2. The molecule has 1 aliphatic carbocycles. The Morgan fingerprint density at radius 1 is 1.12 bits per heavy atom. The van der Waals surface area contributed by atoms with Crippen molar-refractivity contribution >= 4 is 17.3 Å². The Morgan fingerprint density at radius 2 is 1.98 bits per heavy atom. The number of H-pyrrole nitrogens is 1. The number of likely N-dealkylation sites (tertiary alicyclic amines) is 1. The Kier molecular flexibility index (Phi) is 6.54. The number of amides is 1. The Labute approximate surface area is 227 Å². The summed E-state index contributed by atoms with van der Waals surface area (Å²) in [4.78, 5) is 38.5. The van der Waals surface area contributed by atoms with Gasteiger partial charge in [0.1, 0.15) is 11.8 Å². The van der Waals surface area contributed by atoms with E-state index in [1.165, 1.54) is 11.0 Å². The van der Waals surface area contributed by atoms with Crippen molar-refractivity contribution < 1.29 is 18.7 Å². The van der Waals surface area contributed by atoms with Crippen molar-refractivity contribution in [3.63, 3.8) is 0 Å². The molecule has 9 nitrogen and oxygen atoms in total. The number of hydrogen-bond acceptors (Lipinski definition) is 5. The van der Waals surface area contributed by atoms with Crippen molar-refractivity contribution in [1.29, 1.82) is 5.26 Å². The molecule has 0 spiro atoms. The minimum atomic E-state index is -1.08. The number of piperidine rings is 1. The summed E-state index contributed by atoms with van der Waals surface area (Å²) in [6.45, 7) is 0.204. The van der Waals surface area contributed by atoms with Gasteiger partial charge in [-0.2, -0.15) is 5.26 Å². The molecule has 1 saturated heterocycles. The normalized spacial score (nSPS) is 22.9. The van der Waals surface area contributed by atoms with E-state index in [-0.39, 0.29) is 35.5 Å². The third kappa shape index (κ3) is 4.39. The second-order valence-electron chi connectivity index (χ2n) is 10.5. The van der Waals surface area contributed by atoms with Crippen LogP contribution in [0, 0.1) is 23.0 Å². The van der Waals surface area contributed by atoms with Crippen LogP contribution < -0.4 is 5.69 Å². The van der Waals surface area contributed by atoms with Crippen molar-refractivity contribution in [2.45, 2.75) is 56.0 Å². The number of carbonyl (C=O) groups is 1. The van der Waals surface area contributed by atoms with Gasteiger partial charge in [0.15, 0.2) is 17.3 Å². The second kappa shape index (κ2) is 10.2. The third-order valence-electron chi connectivity index (χ3n) is 8.37. The fourth-order valence-corrected chi connectivity index (χ4v) is 6.57. The van der Waals surface area contributed by atoms with Crippen molar-refractivity contribution in [3.05, 3.63) is 93.3 Å².